The topological polar surface area (TPSA) is 49.3 Å². The van der Waals surface area contributed by atoms with Gasteiger partial charge in [0.15, 0.2) is 0 Å². The molecule has 2 aromatic carbocycles. The van der Waals surface area contributed by atoms with E-state index in [1.807, 2.05) is 19.1 Å². The predicted molar refractivity (Wildman–Crippen MR) is 75.9 cm³/mol. The number of rotatable bonds is 3. The van der Waals surface area contributed by atoms with Gasteiger partial charge in [0.05, 0.1) is 0 Å². The van der Waals surface area contributed by atoms with E-state index in [0.29, 0.717) is 5.56 Å². The summed E-state index contributed by atoms with van der Waals surface area (Å²) in [5.41, 5.74) is 1.84. The Morgan fingerprint density at radius 2 is 1.90 bits per heavy atom. The van der Waals surface area contributed by atoms with Gasteiger partial charge in [0.2, 0.25) is 5.91 Å². The van der Waals surface area contributed by atoms with Crippen LogP contribution >= 0.6 is 0 Å². The lowest BCUT2D eigenvalue weighted by molar-refractivity contribution is -0.114. The van der Waals surface area contributed by atoms with Gasteiger partial charge in [-0.2, -0.15) is 0 Å². The third-order valence-corrected chi connectivity index (χ3v) is 3.12. The van der Waals surface area contributed by atoms with Crippen LogP contribution in [0.4, 0.5) is 10.1 Å². The second-order valence-electron chi connectivity index (χ2n) is 4.64. The maximum atomic E-state index is 14.1. The van der Waals surface area contributed by atoms with Crippen LogP contribution in [0.1, 0.15) is 29.7 Å². The fraction of sp³-hybridized carbons (Fsp3) is 0.188. The predicted octanol–water partition coefficient (Wildman–Crippen LogP) is 3.17. The van der Waals surface area contributed by atoms with Crippen LogP contribution in [-0.4, -0.2) is 11.0 Å². The molecule has 20 heavy (non-hydrogen) atoms. The van der Waals surface area contributed by atoms with Crippen LogP contribution in [-0.2, 0) is 4.79 Å². The van der Waals surface area contributed by atoms with Crippen LogP contribution in [0.25, 0.3) is 0 Å². The van der Waals surface area contributed by atoms with Crippen molar-refractivity contribution in [1.29, 1.82) is 0 Å². The normalized spacial score (nSPS) is 12.0. The van der Waals surface area contributed by atoms with E-state index < -0.39 is 11.9 Å². The molecule has 2 rings (SSSR count). The highest BCUT2D eigenvalue weighted by molar-refractivity contribution is 5.89. The van der Waals surface area contributed by atoms with Gasteiger partial charge in [-0.25, -0.2) is 4.39 Å². The molecule has 0 bridgehead atoms. The molecule has 104 valence electrons. The molecule has 1 amide bonds. The molecular formula is C16H16FNO2. The average Bonchev–Trinajstić information content (AvgIpc) is 2.38. The van der Waals surface area contributed by atoms with Gasteiger partial charge in [-0.1, -0.05) is 30.3 Å². The summed E-state index contributed by atoms with van der Waals surface area (Å²) in [7, 11) is 0. The van der Waals surface area contributed by atoms with E-state index in [1.165, 1.54) is 19.1 Å². The van der Waals surface area contributed by atoms with Crippen molar-refractivity contribution in [3.8, 4) is 0 Å². The summed E-state index contributed by atoms with van der Waals surface area (Å²) >= 11 is 0. The number of carbonyl (C=O) groups is 1. The fourth-order valence-electron chi connectivity index (χ4n) is 2.16. The number of aryl methyl sites for hydroxylation is 1. The van der Waals surface area contributed by atoms with Gasteiger partial charge in [0.1, 0.15) is 11.9 Å². The Balaban J connectivity index is 2.51. The minimum absolute atomic E-state index is 0.0806. The number of hydrogen-bond acceptors (Lipinski definition) is 2. The molecule has 1 atom stereocenters. The van der Waals surface area contributed by atoms with Crippen molar-refractivity contribution in [1.82, 2.24) is 0 Å². The Morgan fingerprint density at radius 1 is 1.20 bits per heavy atom. The van der Waals surface area contributed by atoms with Crippen molar-refractivity contribution in [2.24, 2.45) is 0 Å². The largest absolute Gasteiger partial charge is 0.383 e. The maximum absolute atomic E-state index is 14.1. The van der Waals surface area contributed by atoms with E-state index in [4.69, 9.17) is 0 Å². The highest BCUT2D eigenvalue weighted by atomic mass is 19.1. The van der Waals surface area contributed by atoms with Crippen molar-refractivity contribution in [2.45, 2.75) is 20.0 Å². The van der Waals surface area contributed by atoms with Gasteiger partial charge in [0.25, 0.3) is 0 Å². The van der Waals surface area contributed by atoms with Gasteiger partial charge < -0.3 is 10.4 Å². The lowest BCUT2D eigenvalue weighted by Gasteiger charge is -2.18. The zero-order valence-electron chi connectivity index (χ0n) is 11.4. The first-order chi connectivity index (χ1) is 9.50. The monoisotopic (exact) mass is 273 g/mol. The Morgan fingerprint density at radius 3 is 2.55 bits per heavy atom. The minimum Gasteiger partial charge on any atom is -0.383 e. The molecule has 0 aliphatic heterocycles. The Kier molecular flexibility index (Phi) is 4.15. The highest BCUT2D eigenvalue weighted by Crippen LogP contribution is 2.32. The van der Waals surface area contributed by atoms with Crippen LogP contribution in [0.15, 0.2) is 42.5 Å². The number of carbonyl (C=O) groups excluding carboxylic acids is 1. The number of hydrogen-bond donors (Lipinski definition) is 2. The van der Waals surface area contributed by atoms with Gasteiger partial charge >= 0.3 is 0 Å². The third kappa shape index (κ3) is 2.86. The third-order valence-electron chi connectivity index (χ3n) is 3.12. The van der Waals surface area contributed by atoms with Crippen LogP contribution in [0.3, 0.4) is 0 Å². The van der Waals surface area contributed by atoms with Crippen molar-refractivity contribution < 1.29 is 14.3 Å². The molecule has 2 aromatic rings. The lowest BCUT2D eigenvalue weighted by atomic mass is 9.96. The molecule has 0 aromatic heterocycles. The quantitative estimate of drug-likeness (QED) is 0.902. The number of nitrogens with one attached hydrogen (secondary N) is 1. The fourth-order valence-corrected chi connectivity index (χ4v) is 2.16. The Hall–Kier alpha value is -2.20. The number of aliphatic hydroxyl groups is 1. The summed E-state index contributed by atoms with van der Waals surface area (Å²) < 4.78 is 14.1. The molecule has 0 saturated carbocycles. The SMILES string of the molecule is CC(=O)Nc1cccc(F)c1C(O)c1ccccc1C. The summed E-state index contributed by atoms with van der Waals surface area (Å²) in [6.07, 6.45) is -1.13. The summed E-state index contributed by atoms with van der Waals surface area (Å²) in [5.74, 6) is -0.860. The molecule has 0 radical (unpaired) electrons. The standard InChI is InChI=1S/C16H16FNO2/c1-10-6-3-4-7-12(10)16(20)15-13(17)8-5-9-14(15)18-11(2)19/h3-9,16,20H,1-2H3,(H,18,19). The molecule has 1 unspecified atom stereocenters. The van der Waals surface area contributed by atoms with Crippen LogP contribution < -0.4 is 5.32 Å². The van der Waals surface area contributed by atoms with E-state index in [1.54, 1.807) is 18.2 Å². The molecule has 3 nitrogen and oxygen atoms in total. The number of benzene rings is 2. The maximum Gasteiger partial charge on any atom is 0.221 e. The van der Waals surface area contributed by atoms with Gasteiger partial charge in [-0.15, -0.1) is 0 Å². The van der Waals surface area contributed by atoms with E-state index in [9.17, 15) is 14.3 Å². The highest BCUT2D eigenvalue weighted by Gasteiger charge is 2.20. The molecular weight excluding hydrogens is 257 g/mol. The van der Waals surface area contributed by atoms with Gasteiger partial charge in [-0.05, 0) is 30.2 Å². The van der Waals surface area contributed by atoms with Gasteiger partial charge in [-0.3, -0.25) is 4.79 Å². The van der Waals surface area contributed by atoms with Crippen LogP contribution in [0.2, 0.25) is 0 Å². The zero-order chi connectivity index (χ0) is 14.7. The average molecular weight is 273 g/mol. The summed E-state index contributed by atoms with van der Waals surface area (Å²) in [5, 5.41) is 13.0. The van der Waals surface area contributed by atoms with Crippen molar-refractivity contribution in [3.05, 3.63) is 65.0 Å². The lowest BCUT2D eigenvalue weighted by Crippen LogP contribution is -2.13. The number of aliphatic hydroxyl groups excluding tert-OH is 1. The van der Waals surface area contributed by atoms with Crippen molar-refractivity contribution in [3.63, 3.8) is 0 Å². The summed E-state index contributed by atoms with van der Waals surface area (Å²) in [4.78, 5) is 11.2. The summed E-state index contributed by atoms with van der Waals surface area (Å²) in [6.45, 7) is 3.19. The Labute approximate surface area is 117 Å². The second kappa shape index (κ2) is 5.84. The molecule has 0 saturated heterocycles. The minimum atomic E-state index is -1.13. The first kappa shape index (κ1) is 14.2. The molecule has 0 spiro atoms. The zero-order valence-corrected chi connectivity index (χ0v) is 11.4. The summed E-state index contributed by atoms with van der Waals surface area (Å²) in [6, 6.07) is 11.5. The number of halogens is 1. The molecule has 0 aliphatic rings. The first-order valence-corrected chi connectivity index (χ1v) is 6.30. The van der Waals surface area contributed by atoms with E-state index >= 15 is 0 Å². The van der Waals surface area contributed by atoms with E-state index in [-0.39, 0.29) is 17.2 Å². The molecule has 2 N–H and O–H groups in total. The van der Waals surface area contributed by atoms with Crippen molar-refractivity contribution >= 4 is 11.6 Å². The first-order valence-electron chi connectivity index (χ1n) is 6.30. The smallest absolute Gasteiger partial charge is 0.221 e. The molecule has 4 heteroatoms. The van der Waals surface area contributed by atoms with E-state index in [2.05, 4.69) is 5.32 Å². The molecule has 0 heterocycles. The van der Waals surface area contributed by atoms with Gasteiger partial charge in [0, 0.05) is 18.2 Å². The Bertz CT molecular complexity index is 640. The van der Waals surface area contributed by atoms with Crippen LogP contribution in [0.5, 0.6) is 0 Å². The van der Waals surface area contributed by atoms with E-state index in [0.717, 1.165) is 5.56 Å². The number of anilines is 1. The molecule has 0 aliphatic carbocycles. The van der Waals surface area contributed by atoms with Crippen LogP contribution in [0, 0.1) is 12.7 Å². The number of amides is 1. The van der Waals surface area contributed by atoms with Crippen molar-refractivity contribution in [2.75, 3.05) is 5.32 Å². The molecule has 0 fully saturated rings. The second-order valence-corrected chi connectivity index (χ2v) is 4.64.